The monoisotopic (exact) mass is 438 g/mol. The summed E-state index contributed by atoms with van der Waals surface area (Å²) in [5.41, 5.74) is 1.89. The first-order valence-corrected chi connectivity index (χ1v) is 11.4. The van der Waals surface area contributed by atoms with E-state index in [1.54, 1.807) is 43.4 Å². The summed E-state index contributed by atoms with van der Waals surface area (Å²) in [7, 11) is -0.366. The molecule has 1 fully saturated rings. The predicted octanol–water partition coefficient (Wildman–Crippen LogP) is 2.98. The summed E-state index contributed by atoms with van der Waals surface area (Å²) in [6, 6.07) is 9.21. The summed E-state index contributed by atoms with van der Waals surface area (Å²) in [5.74, 6) is 0.538. The van der Waals surface area contributed by atoms with Crippen LogP contribution < -0.4 is 4.72 Å². The predicted molar refractivity (Wildman–Crippen MR) is 115 cm³/mol. The maximum absolute atomic E-state index is 13.0. The van der Waals surface area contributed by atoms with E-state index >= 15 is 0 Å². The van der Waals surface area contributed by atoms with Gasteiger partial charge in [-0.1, -0.05) is 12.1 Å². The minimum atomic E-state index is -3.85. The van der Waals surface area contributed by atoms with Gasteiger partial charge in [-0.15, -0.1) is 0 Å². The third-order valence-corrected chi connectivity index (χ3v) is 7.25. The zero-order chi connectivity index (χ0) is 21.6. The molecule has 0 radical (unpaired) electrons. The largest absolute Gasteiger partial charge is 0.374 e. The van der Waals surface area contributed by atoms with Gasteiger partial charge in [-0.2, -0.15) is 10.2 Å². The average molecular weight is 439 g/mol. The van der Waals surface area contributed by atoms with E-state index in [1.165, 1.54) is 17.1 Å². The molecule has 31 heavy (non-hydrogen) atoms. The molecule has 1 aromatic carbocycles. The third-order valence-electron chi connectivity index (χ3n) is 5.93. The Labute approximate surface area is 179 Å². The molecule has 3 heterocycles. The van der Waals surface area contributed by atoms with Crippen molar-refractivity contribution in [2.75, 3.05) is 11.8 Å². The number of sulfonamides is 1. The van der Waals surface area contributed by atoms with Crippen molar-refractivity contribution in [2.24, 2.45) is 7.05 Å². The molecule has 0 aliphatic heterocycles. The highest BCUT2D eigenvalue weighted by Crippen LogP contribution is 2.44. The van der Waals surface area contributed by atoms with E-state index in [1.807, 2.05) is 18.2 Å². The lowest BCUT2D eigenvalue weighted by Gasteiger charge is -2.41. The minimum Gasteiger partial charge on any atom is -0.374 e. The smallest absolute Gasteiger partial charge is 0.265 e. The van der Waals surface area contributed by atoms with Gasteiger partial charge in [-0.05, 0) is 43.0 Å². The highest BCUT2D eigenvalue weighted by Gasteiger charge is 2.39. The van der Waals surface area contributed by atoms with Gasteiger partial charge in [0.25, 0.3) is 10.0 Å². The Kier molecular flexibility index (Phi) is 4.56. The fourth-order valence-electron chi connectivity index (χ4n) is 4.03. The Morgan fingerprint density at radius 3 is 2.74 bits per heavy atom. The number of ether oxygens (including phenoxy) is 1. The number of benzene rings is 1. The highest BCUT2D eigenvalue weighted by atomic mass is 32.2. The van der Waals surface area contributed by atoms with Crippen LogP contribution in [0, 0.1) is 0 Å². The van der Waals surface area contributed by atoms with Gasteiger partial charge in [0.15, 0.2) is 5.82 Å². The number of methoxy groups -OCH3 is 1. The number of aromatic nitrogens is 5. The molecule has 1 aliphatic rings. The molecule has 160 valence electrons. The summed E-state index contributed by atoms with van der Waals surface area (Å²) in [5, 5.41) is 9.28. The van der Waals surface area contributed by atoms with E-state index < -0.39 is 10.0 Å². The zero-order valence-corrected chi connectivity index (χ0v) is 18.0. The fourth-order valence-corrected chi connectivity index (χ4v) is 5.02. The van der Waals surface area contributed by atoms with Gasteiger partial charge in [0.05, 0.1) is 35.4 Å². The second-order valence-corrected chi connectivity index (χ2v) is 9.37. The molecule has 0 spiro atoms. The molecule has 0 saturated heterocycles. The van der Waals surface area contributed by atoms with Crippen LogP contribution in [-0.2, 0) is 27.4 Å². The van der Waals surface area contributed by atoms with Gasteiger partial charge in [0, 0.05) is 25.7 Å². The third kappa shape index (κ3) is 3.28. The lowest BCUT2D eigenvalue weighted by Crippen LogP contribution is -2.36. The maximum atomic E-state index is 13.0. The number of hydrogen-bond donors (Lipinski definition) is 1. The number of rotatable bonds is 6. The van der Waals surface area contributed by atoms with Crippen molar-refractivity contribution >= 4 is 26.6 Å². The van der Waals surface area contributed by atoms with Crippen molar-refractivity contribution in [1.82, 2.24) is 24.5 Å². The normalized spacial score (nSPS) is 15.7. The van der Waals surface area contributed by atoms with Crippen LogP contribution in [0.2, 0.25) is 0 Å². The number of nitrogens with zero attached hydrogens (tertiary/aromatic N) is 5. The quantitative estimate of drug-likeness (QED) is 0.496. The molecule has 5 rings (SSSR count). The molecule has 0 amide bonds. The van der Waals surface area contributed by atoms with Crippen LogP contribution in [0.25, 0.3) is 16.7 Å². The van der Waals surface area contributed by atoms with Crippen LogP contribution in [0.4, 0.5) is 5.69 Å². The lowest BCUT2D eigenvalue weighted by atomic mass is 9.75. The van der Waals surface area contributed by atoms with E-state index in [0.717, 1.165) is 30.2 Å². The van der Waals surface area contributed by atoms with E-state index in [4.69, 9.17) is 4.74 Å². The standard InChI is InChI=1S/C21H22N6O3S/c1-26-20-15(12-23-26)5-3-6-18(20)25-31(28,29)17-13-24-27(14-17)19-11-16(7-10-22-19)21(30-2)8-4-9-21/h3,5-7,10-14,25H,4,8-9H2,1-2H3. The Morgan fingerprint density at radius 2 is 2.00 bits per heavy atom. The topological polar surface area (TPSA) is 104 Å². The summed E-state index contributed by atoms with van der Waals surface area (Å²) in [6.07, 6.45) is 9.18. The lowest BCUT2D eigenvalue weighted by molar-refractivity contribution is -0.0779. The molecular weight excluding hydrogens is 416 g/mol. The van der Waals surface area contributed by atoms with Crippen LogP contribution in [0.5, 0.6) is 0 Å². The molecule has 0 bridgehead atoms. The van der Waals surface area contributed by atoms with Crippen molar-refractivity contribution < 1.29 is 13.2 Å². The number of hydrogen-bond acceptors (Lipinski definition) is 6. The summed E-state index contributed by atoms with van der Waals surface area (Å²) >= 11 is 0. The number of para-hydroxylation sites is 1. The van der Waals surface area contributed by atoms with Gasteiger partial charge in [-0.3, -0.25) is 9.40 Å². The van der Waals surface area contributed by atoms with Crippen LogP contribution in [0.15, 0.2) is 60.0 Å². The van der Waals surface area contributed by atoms with E-state index in [9.17, 15) is 8.42 Å². The highest BCUT2D eigenvalue weighted by molar-refractivity contribution is 7.92. The second-order valence-electron chi connectivity index (χ2n) is 7.69. The van der Waals surface area contributed by atoms with Crippen molar-refractivity contribution in [3.63, 3.8) is 0 Å². The van der Waals surface area contributed by atoms with Crippen molar-refractivity contribution in [3.8, 4) is 5.82 Å². The summed E-state index contributed by atoms with van der Waals surface area (Å²) in [6.45, 7) is 0. The Balaban J connectivity index is 1.46. The number of aryl methyl sites for hydroxylation is 1. The molecule has 4 aromatic rings. The van der Waals surface area contributed by atoms with Crippen molar-refractivity contribution in [1.29, 1.82) is 0 Å². The van der Waals surface area contributed by atoms with Crippen molar-refractivity contribution in [2.45, 2.75) is 29.8 Å². The van der Waals surface area contributed by atoms with Crippen molar-refractivity contribution in [3.05, 3.63) is 60.7 Å². The zero-order valence-electron chi connectivity index (χ0n) is 17.2. The molecule has 1 aliphatic carbocycles. The molecule has 3 aromatic heterocycles. The fraction of sp³-hybridized carbons (Fsp3) is 0.286. The van der Waals surface area contributed by atoms with Crippen LogP contribution >= 0.6 is 0 Å². The molecule has 0 atom stereocenters. The number of nitrogens with one attached hydrogen (secondary N) is 1. The Morgan fingerprint density at radius 1 is 1.16 bits per heavy atom. The SMILES string of the molecule is COC1(c2ccnc(-n3cc(S(=O)(=O)Nc4cccc5cnn(C)c45)cn3)c2)CCC1. The van der Waals surface area contributed by atoms with Gasteiger partial charge in [-0.25, -0.2) is 18.1 Å². The molecule has 9 nitrogen and oxygen atoms in total. The summed E-state index contributed by atoms with van der Waals surface area (Å²) in [4.78, 5) is 4.40. The molecule has 10 heteroatoms. The number of pyridine rings is 1. The van der Waals surface area contributed by atoms with Gasteiger partial charge in [0.2, 0.25) is 0 Å². The number of fused-ring (bicyclic) bond motifs is 1. The molecular formula is C21H22N6O3S. The molecule has 1 saturated carbocycles. The molecule has 1 N–H and O–H groups in total. The summed E-state index contributed by atoms with van der Waals surface area (Å²) < 4.78 is 37.5. The average Bonchev–Trinajstić information content (AvgIpc) is 3.36. The van der Waals surface area contributed by atoms with Crippen LogP contribution in [-0.4, -0.2) is 40.1 Å². The van der Waals surface area contributed by atoms with E-state index in [-0.39, 0.29) is 10.5 Å². The van der Waals surface area contributed by atoms with Gasteiger partial charge >= 0.3 is 0 Å². The van der Waals surface area contributed by atoms with Crippen LogP contribution in [0.1, 0.15) is 24.8 Å². The molecule has 0 unspecified atom stereocenters. The number of anilines is 1. The van der Waals surface area contributed by atoms with Crippen LogP contribution in [0.3, 0.4) is 0 Å². The van der Waals surface area contributed by atoms with E-state index in [0.29, 0.717) is 17.0 Å². The first-order chi connectivity index (χ1) is 14.9. The van der Waals surface area contributed by atoms with Gasteiger partial charge in [0.1, 0.15) is 4.90 Å². The Bertz CT molecular complexity index is 1370. The maximum Gasteiger partial charge on any atom is 0.265 e. The minimum absolute atomic E-state index is 0.0453. The second kappa shape index (κ2) is 7.17. The Hall–Kier alpha value is -3.24. The van der Waals surface area contributed by atoms with Gasteiger partial charge < -0.3 is 4.74 Å². The first-order valence-electron chi connectivity index (χ1n) is 9.92. The van der Waals surface area contributed by atoms with E-state index in [2.05, 4.69) is 19.9 Å². The first kappa shape index (κ1) is 19.7.